The van der Waals surface area contributed by atoms with E-state index >= 15 is 0 Å². The molecule has 6 aromatic heterocycles. The average Bonchev–Trinajstić information content (AvgIpc) is 3.57. The second kappa shape index (κ2) is 7.91. The normalized spacial score (nSPS) is 11.7. The number of hydrogen-bond acceptors (Lipinski definition) is 6. The summed E-state index contributed by atoms with van der Waals surface area (Å²) in [5, 5.41) is 13.0. The molecule has 0 aliphatic carbocycles. The second-order valence-corrected chi connectivity index (χ2v) is 9.08. The number of H-pyrrole nitrogens is 2. The van der Waals surface area contributed by atoms with Gasteiger partial charge >= 0.3 is 0 Å². The Morgan fingerprint density at radius 3 is 2.82 bits per heavy atom. The molecular weight excluding hydrogens is 430 g/mol. The van der Waals surface area contributed by atoms with E-state index in [-0.39, 0.29) is 0 Å². The van der Waals surface area contributed by atoms with Gasteiger partial charge in [0.25, 0.3) is 0 Å². The van der Waals surface area contributed by atoms with E-state index in [0.29, 0.717) is 0 Å². The third-order valence-corrected chi connectivity index (χ3v) is 6.30. The standard InChI is InChI=1S/C25H21N7S/c1-32(2)13-15-9-17(12-26-11-15)20-3-4-21-23(28-20)24(31-30-21)22-10-19-18(16-6-8-33-14-16)5-7-27-25(19)29-22/h3-12,14H,13H2,1-2H3,(H,27,29)(H,30,31). The first-order chi connectivity index (χ1) is 16.2. The van der Waals surface area contributed by atoms with Gasteiger partial charge in [-0.1, -0.05) is 0 Å². The van der Waals surface area contributed by atoms with Gasteiger partial charge in [0.05, 0.1) is 16.9 Å². The highest BCUT2D eigenvalue weighted by Crippen LogP contribution is 2.34. The topological polar surface area (TPSA) is 86.4 Å². The Kier molecular flexibility index (Phi) is 4.74. The van der Waals surface area contributed by atoms with Gasteiger partial charge in [0.2, 0.25) is 0 Å². The van der Waals surface area contributed by atoms with E-state index in [9.17, 15) is 0 Å². The summed E-state index contributed by atoms with van der Waals surface area (Å²) in [6.45, 7) is 0.828. The van der Waals surface area contributed by atoms with Crippen molar-refractivity contribution < 1.29 is 0 Å². The van der Waals surface area contributed by atoms with Gasteiger partial charge in [-0.15, -0.1) is 0 Å². The summed E-state index contributed by atoms with van der Waals surface area (Å²) >= 11 is 1.69. The van der Waals surface area contributed by atoms with Crippen LogP contribution in [0.25, 0.3) is 55.8 Å². The van der Waals surface area contributed by atoms with Crippen LogP contribution >= 0.6 is 11.3 Å². The molecule has 0 spiro atoms. The van der Waals surface area contributed by atoms with Crippen LogP contribution in [0.3, 0.4) is 0 Å². The van der Waals surface area contributed by atoms with Crippen LogP contribution < -0.4 is 0 Å². The number of nitrogens with zero attached hydrogens (tertiary/aromatic N) is 5. The molecule has 0 bridgehead atoms. The maximum Gasteiger partial charge on any atom is 0.138 e. The molecule has 0 aliphatic rings. The zero-order chi connectivity index (χ0) is 22.4. The van der Waals surface area contributed by atoms with Crippen LogP contribution in [0.4, 0.5) is 0 Å². The number of pyridine rings is 3. The molecule has 162 valence electrons. The van der Waals surface area contributed by atoms with Crippen molar-refractivity contribution in [1.82, 2.24) is 35.0 Å². The molecule has 0 radical (unpaired) electrons. The van der Waals surface area contributed by atoms with Crippen LogP contribution in [0.1, 0.15) is 5.56 Å². The molecule has 0 saturated carbocycles. The lowest BCUT2D eigenvalue weighted by Crippen LogP contribution is -2.10. The summed E-state index contributed by atoms with van der Waals surface area (Å²) in [5.41, 5.74) is 9.54. The van der Waals surface area contributed by atoms with Crippen molar-refractivity contribution in [1.29, 1.82) is 0 Å². The Hall–Kier alpha value is -3.88. The first-order valence-corrected chi connectivity index (χ1v) is 11.5. The Morgan fingerprint density at radius 2 is 1.97 bits per heavy atom. The first-order valence-electron chi connectivity index (χ1n) is 10.6. The molecule has 6 heterocycles. The van der Waals surface area contributed by atoms with Gasteiger partial charge in [-0.2, -0.15) is 16.4 Å². The lowest BCUT2D eigenvalue weighted by Gasteiger charge is -2.10. The lowest BCUT2D eigenvalue weighted by molar-refractivity contribution is 0.402. The monoisotopic (exact) mass is 451 g/mol. The predicted octanol–water partition coefficient (Wildman–Crippen LogP) is 5.35. The van der Waals surface area contributed by atoms with Crippen LogP contribution in [0.15, 0.2) is 65.7 Å². The van der Waals surface area contributed by atoms with Crippen molar-refractivity contribution in [3.8, 4) is 33.8 Å². The molecule has 6 aromatic rings. The van der Waals surface area contributed by atoms with Gasteiger partial charge in [0.1, 0.15) is 16.9 Å². The maximum absolute atomic E-state index is 4.96. The Morgan fingerprint density at radius 1 is 1.03 bits per heavy atom. The largest absolute Gasteiger partial charge is 0.338 e. The van der Waals surface area contributed by atoms with Crippen molar-refractivity contribution in [2.75, 3.05) is 14.1 Å². The quantitative estimate of drug-likeness (QED) is 0.369. The molecule has 0 atom stereocenters. The zero-order valence-electron chi connectivity index (χ0n) is 18.2. The summed E-state index contributed by atoms with van der Waals surface area (Å²) in [4.78, 5) is 19.5. The van der Waals surface area contributed by atoms with E-state index in [4.69, 9.17) is 4.98 Å². The molecule has 0 aromatic carbocycles. The molecule has 33 heavy (non-hydrogen) atoms. The smallest absolute Gasteiger partial charge is 0.138 e. The van der Waals surface area contributed by atoms with Gasteiger partial charge in [0.15, 0.2) is 0 Å². The van der Waals surface area contributed by atoms with Crippen LogP contribution in [0.2, 0.25) is 0 Å². The SMILES string of the molecule is CN(C)Cc1cncc(-c2ccc3[nH]nc(-c4cc5c(-c6ccsc6)ccnc5[nH]4)c3n2)c1. The van der Waals surface area contributed by atoms with Crippen LogP contribution in [0.5, 0.6) is 0 Å². The van der Waals surface area contributed by atoms with Crippen molar-refractivity contribution in [3.05, 3.63) is 71.3 Å². The van der Waals surface area contributed by atoms with Crippen molar-refractivity contribution in [3.63, 3.8) is 0 Å². The summed E-state index contributed by atoms with van der Waals surface area (Å²) in [6, 6.07) is 12.4. The van der Waals surface area contributed by atoms with E-state index < -0.39 is 0 Å². The third-order valence-electron chi connectivity index (χ3n) is 5.62. The molecule has 0 aliphatic heterocycles. The van der Waals surface area contributed by atoms with Crippen LogP contribution in [-0.2, 0) is 6.54 Å². The fraction of sp³-hybridized carbons (Fsp3) is 0.120. The number of hydrogen-bond donors (Lipinski definition) is 2. The number of fused-ring (bicyclic) bond motifs is 2. The molecule has 6 rings (SSSR count). The molecule has 7 nitrogen and oxygen atoms in total. The molecule has 0 amide bonds. The van der Waals surface area contributed by atoms with Gasteiger partial charge in [0, 0.05) is 36.1 Å². The van der Waals surface area contributed by atoms with Gasteiger partial charge in [-0.3, -0.25) is 10.1 Å². The number of nitrogens with one attached hydrogen (secondary N) is 2. The third kappa shape index (κ3) is 3.59. The molecule has 2 N–H and O–H groups in total. The minimum Gasteiger partial charge on any atom is -0.338 e. The summed E-state index contributed by atoms with van der Waals surface area (Å²) < 4.78 is 0. The minimum absolute atomic E-state index is 0.776. The van der Waals surface area contributed by atoms with Gasteiger partial charge < -0.3 is 9.88 Å². The van der Waals surface area contributed by atoms with Crippen molar-refractivity contribution >= 4 is 33.4 Å². The molecule has 0 unspecified atom stereocenters. The summed E-state index contributed by atoms with van der Waals surface area (Å²) in [6.07, 6.45) is 5.59. The Bertz CT molecular complexity index is 1580. The average molecular weight is 452 g/mol. The highest BCUT2D eigenvalue weighted by atomic mass is 32.1. The second-order valence-electron chi connectivity index (χ2n) is 8.30. The fourth-order valence-corrected chi connectivity index (χ4v) is 4.81. The van der Waals surface area contributed by atoms with Crippen molar-refractivity contribution in [2.45, 2.75) is 6.54 Å². The Labute approximate surface area is 194 Å². The highest BCUT2D eigenvalue weighted by molar-refractivity contribution is 7.08. The van der Waals surface area contributed by atoms with E-state index in [1.54, 1.807) is 11.3 Å². The number of thiophene rings is 1. The fourth-order valence-electron chi connectivity index (χ4n) is 4.15. The van der Waals surface area contributed by atoms with E-state index in [0.717, 1.165) is 62.4 Å². The highest BCUT2D eigenvalue weighted by Gasteiger charge is 2.16. The summed E-state index contributed by atoms with van der Waals surface area (Å²) in [5.74, 6) is 0. The molecular formula is C25H21N7S. The molecule has 0 fully saturated rings. The number of aromatic nitrogens is 6. The first kappa shape index (κ1) is 19.8. The Balaban J connectivity index is 1.45. The maximum atomic E-state index is 4.96. The predicted molar refractivity (Wildman–Crippen MR) is 133 cm³/mol. The van der Waals surface area contributed by atoms with Crippen LogP contribution in [-0.4, -0.2) is 49.1 Å². The zero-order valence-corrected chi connectivity index (χ0v) is 19.0. The molecule has 8 heteroatoms. The number of aromatic amines is 2. The van der Waals surface area contributed by atoms with E-state index in [1.165, 1.54) is 5.56 Å². The summed E-state index contributed by atoms with van der Waals surface area (Å²) in [7, 11) is 4.10. The minimum atomic E-state index is 0.776. The van der Waals surface area contributed by atoms with Crippen molar-refractivity contribution in [2.24, 2.45) is 0 Å². The van der Waals surface area contributed by atoms with Crippen LogP contribution in [0, 0.1) is 0 Å². The lowest BCUT2D eigenvalue weighted by atomic mass is 10.1. The van der Waals surface area contributed by atoms with Gasteiger partial charge in [-0.05, 0) is 77.9 Å². The van der Waals surface area contributed by atoms with Gasteiger partial charge in [-0.25, -0.2) is 9.97 Å². The number of rotatable bonds is 5. The molecule has 0 saturated heterocycles. The van der Waals surface area contributed by atoms with E-state index in [2.05, 4.69) is 65.1 Å². The van der Waals surface area contributed by atoms with E-state index in [1.807, 2.05) is 44.8 Å².